The summed E-state index contributed by atoms with van der Waals surface area (Å²) in [5.41, 5.74) is -1.31. The van der Waals surface area contributed by atoms with E-state index in [2.05, 4.69) is 9.97 Å². The van der Waals surface area contributed by atoms with Gasteiger partial charge < -0.3 is 21.1 Å². The van der Waals surface area contributed by atoms with Crippen LogP contribution in [0.25, 0.3) is 11.2 Å². The van der Waals surface area contributed by atoms with E-state index in [1.165, 1.54) is 14.1 Å². The molecular formula is C7H11N5O6. The molecule has 5 N–H and O–H groups in total. The average Bonchev–Trinajstić information content (AvgIpc) is 2.68. The van der Waals surface area contributed by atoms with E-state index in [0.29, 0.717) is 0 Å². The van der Waals surface area contributed by atoms with Gasteiger partial charge >= 0.3 is 11.6 Å². The number of hydrogen-bond donors (Lipinski definition) is 1. The molecule has 2 rings (SSSR count). The predicted molar refractivity (Wildman–Crippen MR) is 60.5 cm³/mol. The van der Waals surface area contributed by atoms with Crippen molar-refractivity contribution in [1.82, 2.24) is 19.1 Å². The van der Waals surface area contributed by atoms with Gasteiger partial charge in [0.2, 0.25) is 5.52 Å². The van der Waals surface area contributed by atoms with Crippen LogP contribution in [0.15, 0.2) is 9.59 Å². The van der Waals surface area contributed by atoms with Gasteiger partial charge in [0.15, 0.2) is 0 Å². The average molecular weight is 261 g/mol. The Hall–Kier alpha value is -2.53. The minimum absolute atomic E-state index is 0. The van der Waals surface area contributed by atoms with Crippen LogP contribution in [0, 0.1) is 10.1 Å². The van der Waals surface area contributed by atoms with E-state index < -0.39 is 22.1 Å². The van der Waals surface area contributed by atoms with Gasteiger partial charge in [-0.05, 0) is 9.91 Å². The minimum atomic E-state index is -0.760. The molecule has 0 radical (unpaired) electrons. The molecule has 2 heterocycles. The van der Waals surface area contributed by atoms with Crippen molar-refractivity contribution in [3.05, 3.63) is 31.0 Å². The lowest BCUT2D eigenvalue weighted by molar-refractivity contribution is -0.393. The summed E-state index contributed by atoms with van der Waals surface area (Å²) in [6.45, 7) is 0. The smallest absolute Gasteiger partial charge is 0.412 e. The van der Waals surface area contributed by atoms with E-state index in [1.54, 1.807) is 0 Å². The number of H-pyrrole nitrogens is 1. The second kappa shape index (κ2) is 4.77. The van der Waals surface area contributed by atoms with E-state index in [-0.39, 0.29) is 22.1 Å². The van der Waals surface area contributed by atoms with Crippen LogP contribution in [-0.4, -0.2) is 35.0 Å². The third-order valence-corrected chi connectivity index (χ3v) is 2.26. The molecule has 100 valence electrons. The van der Waals surface area contributed by atoms with Crippen molar-refractivity contribution in [1.29, 1.82) is 0 Å². The van der Waals surface area contributed by atoms with Crippen molar-refractivity contribution in [3.63, 3.8) is 0 Å². The molecule has 11 heteroatoms. The van der Waals surface area contributed by atoms with Crippen molar-refractivity contribution >= 4 is 17.1 Å². The van der Waals surface area contributed by atoms with Crippen LogP contribution < -0.4 is 11.2 Å². The summed E-state index contributed by atoms with van der Waals surface area (Å²) in [5, 5.41) is 10.5. The monoisotopic (exact) mass is 261 g/mol. The highest BCUT2D eigenvalue weighted by Crippen LogP contribution is 2.09. The molecule has 0 atom stereocenters. The summed E-state index contributed by atoms with van der Waals surface area (Å²) < 4.78 is 1.92. The van der Waals surface area contributed by atoms with Crippen LogP contribution in [0.2, 0.25) is 0 Å². The van der Waals surface area contributed by atoms with Gasteiger partial charge in [-0.3, -0.25) is 13.9 Å². The molecule has 11 nitrogen and oxygen atoms in total. The number of rotatable bonds is 1. The Balaban J connectivity index is 0.00000144. The fraction of sp³-hybridized carbons (Fsp3) is 0.286. The fourth-order valence-electron chi connectivity index (χ4n) is 1.40. The lowest BCUT2D eigenvalue weighted by Crippen LogP contribution is -2.36. The Bertz CT molecular complexity index is 709. The van der Waals surface area contributed by atoms with Crippen LogP contribution in [0.1, 0.15) is 0 Å². The summed E-state index contributed by atoms with van der Waals surface area (Å²) in [6, 6.07) is 0. The molecule has 0 saturated carbocycles. The molecule has 18 heavy (non-hydrogen) atoms. The fourth-order valence-corrected chi connectivity index (χ4v) is 1.40. The van der Waals surface area contributed by atoms with Crippen molar-refractivity contribution < 1.29 is 15.9 Å². The number of aryl methyl sites for hydroxylation is 1. The summed E-state index contributed by atoms with van der Waals surface area (Å²) in [6.07, 6.45) is 0. The highest BCUT2D eigenvalue weighted by Gasteiger charge is 2.20. The van der Waals surface area contributed by atoms with E-state index in [9.17, 15) is 19.7 Å². The number of nitro groups is 1. The topological polar surface area (TPSA) is 179 Å². The zero-order valence-corrected chi connectivity index (χ0v) is 9.42. The zero-order chi connectivity index (χ0) is 12.0. The number of fused-ring (bicyclic) bond motifs is 1. The largest absolute Gasteiger partial charge is 0.435 e. The molecule has 0 unspecified atom stereocenters. The number of imidazole rings is 1. The number of aromatic amines is 1. The molecule has 0 aliphatic carbocycles. The highest BCUT2D eigenvalue weighted by molar-refractivity contribution is 5.71. The standard InChI is InChI=1S/C7H7N5O4.2H2O/c1-10-4-3(5(13)11(2)7(10)14)8-6(9-4)12(15)16;;/h1-2H3,(H,8,9);2*1H2. The Morgan fingerprint density at radius 3 is 2.28 bits per heavy atom. The van der Waals surface area contributed by atoms with Gasteiger partial charge in [0.1, 0.15) is 0 Å². The quantitative estimate of drug-likeness (QED) is 0.429. The van der Waals surface area contributed by atoms with E-state index in [1.807, 2.05) is 0 Å². The number of nitrogens with zero attached hydrogens (tertiary/aromatic N) is 4. The molecule has 0 saturated heterocycles. The maximum absolute atomic E-state index is 11.6. The molecular weight excluding hydrogens is 250 g/mol. The van der Waals surface area contributed by atoms with Gasteiger partial charge in [-0.1, -0.05) is 0 Å². The van der Waals surface area contributed by atoms with Crippen LogP contribution in [0.4, 0.5) is 5.95 Å². The maximum atomic E-state index is 11.6. The van der Waals surface area contributed by atoms with E-state index in [0.717, 1.165) is 9.13 Å². The summed E-state index contributed by atoms with van der Waals surface area (Å²) >= 11 is 0. The van der Waals surface area contributed by atoms with Gasteiger partial charge in [-0.15, -0.1) is 0 Å². The van der Waals surface area contributed by atoms with Gasteiger partial charge in [-0.2, -0.15) is 0 Å². The summed E-state index contributed by atoms with van der Waals surface area (Å²) in [4.78, 5) is 38.6. The van der Waals surface area contributed by atoms with Gasteiger partial charge in [0.05, 0.1) is 0 Å². The molecule has 2 aromatic rings. The number of aromatic nitrogens is 4. The van der Waals surface area contributed by atoms with Gasteiger partial charge in [0, 0.05) is 14.1 Å². The Morgan fingerprint density at radius 1 is 1.22 bits per heavy atom. The minimum Gasteiger partial charge on any atom is -0.412 e. The van der Waals surface area contributed by atoms with Crippen LogP contribution in [0.3, 0.4) is 0 Å². The predicted octanol–water partition coefficient (Wildman–Crippen LogP) is -2.78. The number of nitrogens with one attached hydrogen (secondary N) is 1. The van der Waals surface area contributed by atoms with Gasteiger partial charge in [0.25, 0.3) is 11.2 Å². The third kappa shape index (κ3) is 1.87. The molecule has 2 aromatic heterocycles. The van der Waals surface area contributed by atoms with Gasteiger partial charge in [-0.25, -0.2) is 9.78 Å². The zero-order valence-electron chi connectivity index (χ0n) is 9.42. The summed E-state index contributed by atoms with van der Waals surface area (Å²) in [7, 11) is 2.67. The van der Waals surface area contributed by atoms with E-state index in [4.69, 9.17) is 0 Å². The highest BCUT2D eigenvalue weighted by atomic mass is 16.6. The molecule has 0 bridgehead atoms. The lowest BCUT2D eigenvalue weighted by atomic mass is 10.5. The molecule has 0 aliphatic rings. The van der Waals surface area contributed by atoms with Crippen LogP contribution in [-0.2, 0) is 14.1 Å². The first-order valence-corrected chi connectivity index (χ1v) is 4.23. The first-order chi connectivity index (χ1) is 7.43. The Labute approximate surface area is 98.1 Å². The molecule has 0 fully saturated rings. The van der Waals surface area contributed by atoms with Crippen molar-refractivity contribution in [2.75, 3.05) is 0 Å². The van der Waals surface area contributed by atoms with Crippen LogP contribution >= 0.6 is 0 Å². The van der Waals surface area contributed by atoms with Crippen molar-refractivity contribution in [2.24, 2.45) is 14.1 Å². The summed E-state index contributed by atoms with van der Waals surface area (Å²) in [5.74, 6) is -0.562. The molecule has 0 spiro atoms. The first kappa shape index (κ1) is 15.5. The normalized spacial score (nSPS) is 9.67. The van der Waals surface area contributed by atoms with Crippen LogP contribution in [0.5, 0.6) is 0 Å². The Morgan fingerprint density at radius 2 is 1.78 bits per heavy atom. The van der Waals surface area contributed by atoms with Crippen molar-refractivity contribution in [3.8, 4) is 0 Å². The SMILES string of the molecule is Cn1c(=O)c2[nH]c([N+](=O)[O-])nc2n(C)c1=O.O.O. The molecule has 0 aromatic carbocycles. The molecule has 0 aliphatic heterocycles. The lowest BCUT2D eigenvalue weighted by Gasteiger charge is -1.98. The van der Waals surface area contributed by atoms with E-state index >= 15 is 0 Å². The maximum Gasteiger partial charge on any atom is 0.435 e. The molecule has 0 amide bonds. The Kier molecular flexibility index (Phi) is 4.10. The second-order valence-electron chi connectivity index (χ2n) is 3.22. The first-order valence-electron chi connectivity index (χ1n) is 4.23. The second-order valence-corrected chi connectivity index (χ2v) is 3.22. The third-order valence-electron chi connectivity index (χ3n) is 2.26. The number of hydrogen-bond acceptors (Lipinski definition) is 5. The van der Waals surface area contributed by atoms with Crippen molar-refractivity contribution in [2.45, 2.75) is 0 Å².